The maximum Gasteiger partial charge on any atom is 0.338 e. The molecule has 2 amide bonds. The first kappa shape index (κ1) is 8.19. The summed E-state index contributed by atoms with van der Waals surface area (Å²) in [6.45, 7) is 0.380. The number of hydrogen-bond donors (Lipinski definition) is 2. The first-order chi connectivity index (χ1) is 4.18. The predicted molar refractivity (Wildman–Crippen MR) is 30.0 cm³/mol. The lowest BCUT2D eigenvalue weighted by molar-refractivity contribution is -0.0522. The molecule has 0 unspecified atom stereocenters. The summed E-state index contributed by atoms with van der Waals surface area (Å²) in [5.74, 6) is 0. The number of carbonyl (C=O) groups is 1. The molecule has 0 rings (SSSR count). The van der Waals surface area contributed by atoms with E-state index < -0.39 is 6.03 Å². The number of nitrogens with two attached hydrogens (primary N) is 1. The second kappa shape index (κ2) is 4.11. The van der Waals surface area contributed by atoms with Crippen LogP contribution in [0.4, 0.5) is 4.79 Å². The standard InChI is InChI=1S/C4H10N2O3/c1-9-3-2-6(8)4(5)7/h8H,2-3H2,1H3,(H2,5,7). The van der Waals surface area contributed by atoms with Crippen LogP contribution in [0.5, 0.6) is 0 Å². The van der Waals surface area contributed by atoms with Crippen molar-refractivity contribution in [3.63, 3.8) is 0 Å². The number of ether oxygens (including phenoxy) is 1. The summed E-state index contributed by atoms with van der Waals surface area (Å²) >= 11 is 0. The van der Waals surface area contributed by atoms with Crippen molar-refractivity contribution in [3.05, 3.63) is 0 Å². The number of hydrogen-bond acceptors (Lipinski definition) is 3. The molecule has 0 aromatic carbocycles. The van der Waals surface area contributed by atoms with Crippen LogP contribution in [0.1, 0.15) is 0 Å². The van der Waals surface area contributed by atoms with E-state index in [2.05, 4.69) is 10.5 Å². The Kier molecular flexibility index (Phi) is 3.74. The summed E-state index contributed by atoms with van der Waals surface area (Å²) in [5, 5.41) is 8.93. The lowest BCUT2D eigenvalue weighted by atomic mass is 10.7. The third-order valence-corrected chi connectivity index (χ3v) is 0.762. The fourth-order valence-electron chi connectivity index (χ4n) is 0.288. The van der Waals surface area contributed by atoms with Gasteiger partial charge in [0, 0.05) is 7.11 Å². The Labute approximate surface area is 53.0 Å². The molecule has 0 saturated heterocycles. The predicted octanol–water partition coefficient (Wildman–Crippen LogP) is -0.597. The molecule has 0 aromatic heterocycles. The number of nitrogens with zero attached hydrogens (tertiary/aromatic N) is 1. The molecule has 0 saturated carbocycles. The minimum absolute atomic E-state index is 0.103. The quantitative estimate of drug-likeness (QED) is 0.400. The monoisotopic (exact) mass is 134 g/mol. The van der Waals surface area contributed by atoms with Gasteiger partial charge in [-0.05, 0) is 0 Å². The Hall–Kier alpha value is -0.810. The number of methoxy groups -OCH3 is 1. The third-order valence-electron chi connectivity index (χ3n) is 0.762. The fourth-order valence-corrected chi connectivity index (χ4v) is 0.288. The van der Waals surface area contributed by atoms with Gasteiger partial charge in [0.2, 0.25) is 0 Å². The molecule has 0 aromatic rings. The van der Waals surface area contributed by atoms with Crippen molar-refractivity contribution in [2.45, 2.75) is 0 Å². The van der Waals surface area contributed by atoms with Crippen molar-refractivity contribution < 1.29 is 14.7 Å². The molecule has 0 aliphatic carbocycles. The van der Waals surface area contributed by atoms with Gasteiger partial charge in [-0.2, -0.15) is 0 Å². The average molecular weight is 134 g/mol. The van der Waals surface area contributed by atoms with Crippen LogP contribution in [0.3, 0.4) is 0 Å². The molecular formula is C4H10N2O3. The summed E-state index contributed by atoms with van der Waals surface area (Å²) in [4.78, 5) is 10.0. The molecule has 0 heterocycles. The van der Waals surface area contributed by atoms with Gasteiger partial charge in [0.05, 0.1) is 13.2 Å². The number of rotatable bonds is 3. The molecule has 5 heteroatoms. The van der Waals surface area contributed by atoms with Crippen molar-refractivity contribution >= 4 is 6.03 Å². The van der Waals surface area contributed by atoms with E-state index in [1.54, 1.807) is 0 Å². The van der Waals surface area contributed by atoms with Crippen LogP contribution in [-0.2, 0) is 4.74 Å². The van der Waals surface area contributed by atoms with Crippen molar-refractivity contribution in [1.82, 2.24) is 5.06 Å². The Morgan fingerprint density at radius 3 is 2.78 bits per heavy atom. The summed E-state index contributed by atoms with van der Waals surface area (Å²) in [6, 6.07) is -0.868. The SMILES string of the molecule is COCCN(O)C(N)=O. The fraction of sp³-hybridized carbons (Fsp3) is 0.750. The molecular weight excluding hydrogens is 124 g/mol. The van der Waals surface area contributed by atoms with E-state index in [4.69, 9.17) is 5.21 Å². The Morgan fingerprint density at radius 1 is 1.89 bits per heavy atom. The van der Waals surface area contributed by atoms with Crippen molar-refractivity contribution in [2.75, 3.05) is 20.3 Å². The van der Waals surface area contributed by atoms with Gasteiger partial charge in [-0.25, -0.2) is 9.86 Å². The zero-order valence-electron chi connectivity index (χ0n) is 5.20. The molecule has 3 N–H and O–H groups in total. The van der Waals surface area contributed by atoms with E-state index in [1.165, 1.54) is 7.11 Å². The summed E-state index contributed by atoms with van der Waals surface area (Å²) in [7, 11) is 1.47. The maximum atomic E-state index is 10.0. The highest BCUT2D eigenvalue weighted by Gasteiger charge is 2.02. The first-order valence-electron chi connectivity index (χ1n) is 2.43. The van der Waals surface area contributed by atoms with E-state index in [0.29, 0.717) is 5.06 Å². The number of amides is 2. The number of urea groups is 1. The van der Waals surface area contributed by atoms with Crippen molar-refractivity contribution in [2.24, 2.45) is 5.73 Å². The Morgan fingerprint density at radius 2 is 2.44 bits per heavy atom. The molecule has 0 aliphatic heterocycles. The lowest BCUT2D eigenvalue weighted by Gasteiger charge is -2.09. The Balaban J connectivity index is 3.27. The highest BCUT2D eigenvalue weighted by Crippen LogP contribution is 1.78. The van der Waals surface area contributed by atoms with E-state index in [-0.39, 0.29) is 13.2 Å². The van der Waals surface area contributed by atoms with Gasteiger partial charge in [0.15, 0.2) is 0 Å². The second-order valence-corrected chi connectivity index (χ2v) is 1.45. The minimum atomic E-state index is -0.868. The van der Waals surface area contributed by atoms with Gasteiger partial charge in [0.1, 0.15) is 0 Å². The van der Waals surface area contributed by atoms with E-state index >= 15 is 0 Å². The molecule has 5 nitrogen and oxygen atoms in total. The molecule has 0 aliphatic rings. The summed E-state index contributed by atoms with van der Waals surface area (Å²) in [6.07, 6.45) is 0. The molecule has 0 spiro atoms. The van der Waals surface area contributed by atoms with E-state index in [0.717, 1.165) is 0 Å². The highest BCUT2D eigenvalue weighted by atomic mass is 16.5. The molecule has 0 radical (unpaired) electrons. The zero-order chi connectivity index (χ0) is 7.28. The minimum Gasteiger partial charge on any atom is -0.383 e. The van der Waals surface area contributed by atoms with Crippen molar-refractivity contribution in [3.8, 4) is 0 Å². The van der Waals surface area contributed by atoms with E-state index in [1.807, 2.05) is 0 Å². The second-order valence-electron chi connectivity index (χ2n) is 1.45. The van der Waals surface area contributed by atoms with E-state index in [9.17, 15) is 4.79 Å². The van der Waals surface area contributed by atoms with Gasteiger partial charge in [-0.1, -0.05) is 0 Å². The van der Waals surface area contributed by atoms with Crippen LogP contribution in [0.15, 0.2) is 0 Å². The molecule has 54 valence electrons. The van der Waals surface area contributed by atoms with Crippen molar-refractivity contribution in [1.29, 1.82) is 0 Å². The highest BCUT2D eigenvalue weighted by molar-refractivity contribution is 5.70. The Bertz CT molecular complexity index is 95.8. The summed E-state index contributed by atoms with van der Waals surface area (Å²) in [5.41, 5.74) is 4.66. The topological polar surface area (TPSA) is 75.8 Å². The van der Waals surface area contributed by atoms with Crippen LogP contribution in [0, 0.1) is 0 Å². The number of hydroxylamine groups is 2. The van der Waals surface area contributed by atoms with Crippen LogP contribution in [0.25, 0.3) is 0 Å². The van der Waals surface area contributed by atoms with Gasteiger partial charge < -0.3 is 10.5 Å². The number of primary amides is 1. The largest absolute Gasteiger partial charge is 0.383 e. The van der Waals surface area contributed by atoms with Gasteiger partial charge in [-0.15, -0.1) is 0 Å². The molecule has 0 atom stereocenters. The van der Waals surface area contributed by atoms with Crippen LogP contribution in [0.2, 0.25) is 0 Å². The van der Waals surface area contributed by atoms with Gasteiger partial charge in [-0.3, -0.25) is 5.21 Å². The third kappa shape index (κ3) is 3.75. The smallest absolute Gasteiger partial charge is 0.338 e. The molecule has 9 heavy (non-hydrogen) atoms. The molecule has 0 fully saturated rings. The average Bonchev–Trinajstić information content (AvgIpc) is 1.82. The van der Waals surface area contributed by atoms with Gasteiger partial charge >= 0.3 is 6.03 Å². The maximum absolute atomic E-state index is 10.0. The normalized spacial score (nSPS) is 9.11. The first-order valence-corrected chi connectivity index (χ1v) is 2.43. The van der Waals surface area contributed by atoms with Crippen LogP contribution >= 0.6 is 0 Å². The van der Waals surface area contributed by atoms with Gasteiger partial charge in [0.25, 0.3) is 0 Å². The molecule has 0 bridgehead atoms. The number of carbonyl (C=O) groups excluding carboxylic acids is 1. The van der Waals surface area contributed by atoms with Crippen LogP contribution < -0.4 is 5.73 Å². The zero-order valence-corrected chi connectivity index (χ0v) is 5.20. The van der Waals surface area contributed by atoms with Crippen LogP contribution in [-0.4, -0.2) is 36.6 Å². The lowest BCUT2D eigenvalue weighted by Crippen LogP contribution is -2.34. The summed E-state index contributed by atoms with van der Waals surface area (Å²) < 4.78 is 4.55.